The summed E-state index contributed by atoms with van der Waals surface area (Å²) in [5.41, 5.74) is 5.28. The lowest BCUT2D eigenvalue weighted by Gasteiger charge is -2.25. The summed E-state index contributed by atoms with van der Waals surface area (Å²) in [5, 5.41) is 11.7. The van der Waals surface area contributed by atoms with Crippen molar-refractivity contribution in [1.29, 1.82) is 0 Å². The van der Waals surface area contributed by atoms with Crippen molar-refractivity contribution < 1.29 is 14.7 Å². The second kappa shape index (κ2) is 6.37. The van der Waals surface area contributed by atoms with Crippen LogP contribution in [0.2, 0.25) is 0 Å². The van der Waals surface area contributed by atoms with Gasteiger partial charge < -0.3 is 16.2 Å². The lowest BCUT2D eigenvalue weighted by atomic mass is 9.95. The predicted octanol–water partition coefficient (Wildman–Crippen LogP) is 1.51. The van der Waals surface area contributed by atoms with Crippen molar-refractivity contribution in [3.8, 4) is 0 Å². The number of amides is 1. The highest BCUT2D eigenvalue weighted by atomic mass is 16.4. The van der Waals surface area contributed by atoms with Gasteiger partial charge in [0.15, 0.2) is 0 Å². The van der Waals surface area contributed by atoms with Crippen molar-refractivity contribution in [1.82, 2.24) is 5.32 Å². The van der Waals surface area contributed by atoms with Crippen LogP contribution in [-0.2, 0) is 9.59 Å². The van der Waals surface area contributed by atoms with E-state index in [4.69, 9.17) is 10.8 Å². The molecule has 1 saturated carbocycles. The fourth-order valence-corrected chi connectivity index (χ4v) is 2.17. The minimum absolute atomic E-state index is 0.0371. The number of carboxylic acid groups (broad SMARTS) is 1. The lowest BCUT2D eigenvalue weighted by Crippen LogP contribution is -2.55. The molecule has 0 heterocycles. The molecule has 5 nitrogen and oxygen atoms in total. The Morgan fingerprint density at radius 3 is 2.42 bits per heavy atom. The Hall–Kier alpha value is -1.10. The molecule has 1 amide bonds. The second-order valence-electron chi connectivity index (χ2n) is 6.10. The van der Waals surface area contributed by atoms with Crippen LogP contribution in [-0.4, -0.2) is 28.6 Å². The molecule has 0 aromatic heterocycles. The van der Waals surface area contributed by atoms with E-state index in [0.29, 0.717) is 12.3 Å². The van der Waals surface area contributed by atoms with Gasteiger partial charge in [-0.25, -0.2) is 0 Å². The molecule has 0 aliphatic heterocycles. The summed E-state index contributed by atoms with van der Waals surface area (Å²) in [6.07, 6.45) is 4.28. The summed E-state index contributed by atoms with van der Waals surface area (Å²) in [6.45, 7) is 5.43. The average molecular weight is 270 g/mol. The number of aliphatic carboxylic acids is 1. The highest BCUT2D eigenvalue weighted by Gasteiger charge is 2.44. The zero-order valence-corrected chi connectivity index (χ0v) is 12.1. The van der Waals surface area contributed by atoms with Crippen molar-refractivity contribution in [2.45, 2.75) is 64.5 Å². The molecule has 19 heavy (non-hydrogen) atoms. The third kappa shape index (κ3) is 4.82. The lowest BCUT2D eigenvalue weighted by molar-refractivity contribution is -0.141. The minimum atomic E-state index is -0.764. The highest BCUT2D eigenvalue weighted by Crippen LogP contribution is 2.38. The first-order chi connectivity index (χ1) is 8.75. The summed E-state index contributed by atoms with van der Waals surface area (Å²) in [5.74, 6) is -0.866. The number of hydrogen-bond acceptors (Lipinski definition) is 3. The molecular weight excluding hydrogens is 244 g/mol. The van der Waals surface area contributed by atoms with Crippen LogP contribution in [0.25, 0.3) is 0 Å². The molecule has 3 unspecified atom stereocenters. The van der Waals surface area contributed by atoms with E-state index in [9.17, 15) is 9.59 Å². The maximum absolute atomic E-state index is 12.0. The molecule has 1 aliphatic carbocycles. The topological polar surface area (TPSA) is 92.4 Å². The SMILES string of the molecule is CC(CCCC(C)C(=O)O)NC(=O)C(C)(N)C1CC1. The van der Waals surface area contributed by atoms with E-state index in [2.05, 4.69) is 5.32 Å². The Morgan fingerprint density at radius 2 is 1.95 bits per heavy atom. The minimum Gasteiger partial charge on any atom is -0.481 e. The predicted molar refractivity (Wildman–Crippen MR) is 73.6 cm³/mol. The van der Waals surface area contributed by atoms with Gasteiger partial charge >= 0.3 is 5.97 Å². The van der Waals surface area contributed by atoms with E-state index >= 15 is 0 Å². The fourth-order valence-electron chi connectivity index (χ4n) is 2.17. The van der Waals surface area contributed by atoms with Gasteiger partial charge in [0.1, 0.15) is 0 Å². The van der Waals surface area contributed by atoms with Gasteiger partial charge in [0.25, 0.3) is 0 Å². The molecule has 0 saturated heterocycles. The first-order valence-electron chi connectivity index (χ1n) is 7.07. The quantitative estimate of drug-likeness (QED) is 0.623. The van der Waals surface area contributed by atoms with Crippen molar-refractivity contribution in [2.24, 2.45) is 17.6 Å². The Bertz CT molecular complexity index is 338. The molecule has 0 aromatic rings. The molecule has 110 valence electrons. The van der Waals surface area contributed by atoms with E-state index in [0.717, 1.165) is 25.7 Å². The summed E-state index contributed by atoms with van der Waals surface area (Å²) in [4.78, 5) is 22.7. The Balaban J connectivity index is 2.25. The zero-order chi connectivity index (χ0) is 14.6. The summed E-state index contributed by atoms with van der Waals surface area (Å²) >= 11 is 0. The molecule has 0 aromatic carbocycles. The standard InChI is InChI=1S/C14H26N2O3/c1-9(12(17)18)5-4-6-10(2)16-13(19)14(3,15)11-7-8-11/h9-11H,4-8,15H2,1-3H3,(H,16,19)(H,17,18). The Kier molecular flexibility index (Phi) is 5.35. The number of carboxylic acids is 1. The molecule has 3 atom stereocenters. The van der Waals surface area contributed by atoms with E-state index < -0.39 is 11.5 Å². The maximum atomic E-state index is 12.0. The van der Waals surface area contributed by atoms with E-state index in [1.54, 1.807) is 13.8 Å². The molecular formula is C14H26N2O3. The molecule has 1 rings (SSSR count). The molecule has 0 bridgehead atoms. The zero-order valence-electron chi connectivity index (χ0n) is 12.1. The number of hydrogen-bond donors (Lipinski definition) is 3. The van der Waals surface area contributed by atoms with Gasteiger partial charge in [-0.1, -0.05) is 13.3 Å². The summed E-state index contributed by atoms with van der Waals surface area (Å²) in [6, 6.07) is 0.0371. The monoisotopic (exact) mass is 270 g/mol. The largest absolute Gasteiger partial charge is 0.481 e. The normalized spacial score (nSPS) is 21.3. The molecule has 0 spiro atoms. The van der Waals surface area contributed by atoms with Crippen LogP contribution >= 0.6 is 0 Å². The molecule has 0 radical (unpaired) electrons. The van der Waals surface area contributed by atoms with Crippen LogP contribution in [0.4, 0.5) is 0 Å². The van der Waals surface area contributed by atoms with Crippen LogP contribution < -0.4 is 11.1 Å². The van der Waals surface area contributed by atoms with Gasteiger partial charge in [0, 0.05) is 6.04 Å². The van der Waals surface area contributed by atoms with Gasteiger partial charge in [-0.05, 0) is 45.4 Å². The smallest absolute Gasteiger partial charge is 0.306 e. The number of rotatable bonds is 8. The first-order valence-corrected chi connectivity index (χ1v) is 7.07. The number of nitrogens with two attached hydrogens (primary N) is 1. The molecule has 1 aliphatic rings. The van der Waals surface area contributed by atoms with Gasteiger partial charge in [-0.2, -0.15) is 0 Å². The Labute approximate surface area is 114 Å². The number of carbonyl (C=O) groups is 2. The summed E-state index contributed by atoms with van der Waals surface area (Å²) < 4.78 is 0. The third-order valence-electron chi connectivity index (χ3n) is 3.99. The van der Waals surface area contributed by atoms with Crippen LogP contribution in [0.1, 0.15) is 52.9 Å². The van der Waals surface area contributed by atoms with Gasteiger partial charge in [0.2, 0.25) is 5.91 Å². The van der Waals surface area contributed by atoms with Crippen molar-refractivity contribution >= 4 is 11.9 Å². The van der Waals surface area contributed by atoms with E-state index in [1.165, 1.54) is 0 Å². The van der Waals surface area contributed by atoms with Crippen LogP contribution in [0, 0.1) is 11.8 Å². The van der Waals surface area contributed by atoms with E-state index in [-0.39, 0.29) is 17.9 Å². The van der Waals surface area contributed by atoms with Crippen molar-refractivity contribution in [3.05, 3.63) is 0 Å². The molecule has 5 heteroatoms. The van der Waals surface area contributed by atoms with Gasteiger partial charge in [-0.15, -0.1) is 0 Å². The van der Waals surface area contributed by atoms with Crippen molar-refractivity contribution in [3.63, 3.8) is 0 Å². The number of carbonyl (C=O) groups excluding carboxylic acids is 1. The highest BCUT2D eigenvalue weighted by molar-refractivity contribution is 5.86. The third-order valence-corrected chi connectivity index (χ3v) is 3.99. The van der Waals surface area contributed by atoms with Crippen LogP contribution in [0.5, 0.6) is 0 Å². The summed E-state index contributed by atoms with van der Waals surface area (Å²) in [7, 11) is 0. The maximum Gasteiger partial charge on any atom is 0.306 e. The van der Waals surface area contributed by atoms with E-state index in [1.807, 2.05) is 6.92 Å². The second-order valence-corrected chi connectivity index (χ2v) is 6.10. The Morgan fingerprint density at radius 1 is 1.37 bits per heavy atom. The van der Waals surface area contributed by atoms with Crippen molar-refractivity contribution in [2.75, 3.05) is 0 Å². The molecule has 1 fully saturated rings. The molecule has 4 N–H and O–H groups in total. The van der Waals surface area contributed by atoms with Gasteiger partial charge in [0.05, 0.1) is 11.5 Å². The van der Waals surface area contributed by atoms with Crippen LogP contribution in [0.15, 0.2) is 0 Å². The number of nitrogens with one attached hydrogen (secondary N) is 1. The average Bonchev–Trinajstić information content (AvgIpc) is 3.12. The fraction of sp³-hybridized carbons (Fsp3) is 0.857. The van der Waals surface area contributed by atoms with Crippen LogP contribution in [0.3, 0.4) is 0 Å². The first kappa shape index (κ1) is 16.0. The van der Waals surface area contributed by atoms with Gasteiger partial charge in [-0.3, -0.25) is 9.59 Å².